The summed E-state index contributed by atoms with van der Waals surface area (Å²) in [5, 5.41) is 18.9. The highest BCUT2D eigenvalue weighted by atomic mass is 16.3. The number of rotatable bonds is 2. The third-order valence-corrected chi connectivity index (χ3v) is 5.26. The summed E-state index contributed by atoms with van der Waals surface area (Å²) in [6.45, 7) is 4.56. The smallest absolute Gasteiger partial charge is 0.0624 e. The molecule has 2 heteroatoms. The Morgan fingerprint density at radius 2 is 2.19 bits per heavy atom. The summed E-state index contributed by atoms with van der Waals surface area (Å²) < 4.78 is 0. The summed E-state index contributed by atoms with van der Waals surface area (Å²) >= 11 is 0. The standard InChI is InChI=1S/C14H23NO/c1-10(7-9-15)11-5-6-12-13(16)4-3-8-14(11,12)2/h10-13,16H,3-8H2,1-2H3/t10-,11?,12?,13?,14?/m1/s1. The van der Waals surface area contributed by atoms with Crippen molar-refractivity contribution in [1.29, 1.82) is 5.26 Å². The molecule has 4 unspecified atom stereocenters. The van der Waals surface area contributed by atoms with Gasteiger partial charge in [-0.15, -0.1) is 0 Å². The topological polar surface area (TPSA) is 44.0 Å². The van der Waals surface area contributed by atoms with Crippen LogP contribution in [0.5, 0.6) is 0 Å². The van der Waals surface area contributed by atoms with Crippen molar-refractivity contribution in [2.24, 2.45) is 23.2 Å². The van der Waals surface area contributed by atoms with Crippen LogP contribution in [-0.4, -0.2) is 11.2 Å². The molecule has 0 saturated heterocycles. The van der Waals surface area contributed by atoms with Gasteiger partial charge in [-0.3, -0.25) is 0 Å². The average Bonchev–Trinajstić information content (AvgIpc) is 2.57. The highest BCUT2D eigenvalue weighted by Gasteiger charge is 2.51. The van der Waals surface area contributed by atoms with E-state index < -0.39 is 0 Å². The van der Waals surface area contributed by atoms with E-state index in [0.29, 0.717) is 29.6 Å². The second-order valence-corrected chi connectivity index (χ2v) is 6.10. The van der Waals surface area contributed by atoms with Crippen molar-refractivity contribution in [2.75, 3.05) is 0 Å². The van der Waals surface area contributed by atoms with Gasteiger partial charge in [-0.05, 0) is 48.9 Å². The Morgan fingerprint density at radius 1 is 1.44 bits per heavy atom. The Balaban J connectivity index is 2.15. The zero-order valence-corrected chi connectivity index (χ0v) is 10.4. The minimum atomic E-state index is -0.0852. The minimum absolute atomic E-state index is 0.0852. The number of aliphatic hydroxyl groups excluding tert-OH is 1. The van der Waals surface area contributed by atoms with Crippen molar-refractivity contribution in [2.45, 2.75) is 58.5 Å². The van der Waals surface area contributed by atoms with Gasteiger partial charge in [0.2, 0.25) is 0 Å². The molecule has 0 aromatic carbocycles. The predicted molar refractivity (Wildman–Crippen MR) is 63.6 cm³/mol. The lowest BCUT2D eigenvalue weighted by Gasteiger charge is -2.44. The van der Waals surface area contributed by atoms with E-state index in [2.05, 4.69) is 19.9 Å². The summed E-state index contributed by atoms with van der Waals surface area (Å²) in [5.74, 6) is 1.63. The molecule has 5 atom stereocenters. The maximum absolute atomic E-state index is 10.1. The van der Waals surface area contributed by atoms with Crippen LogP contribution < -0.4 is 0 Å². The van der Waals surface area contributed by atoms with E-state index >= 15 is 0 Å². The first kappa shape index (κ1) is 11.9. The van der Waals surface area contributed by atoms with Crippen LogP contribution in [0.2, 0.25) is 0 Å². The van der Waals surface area contributed by atoms with Crippen molar-refractivity contribution in [3.8, 4) is 6.07 Å². The van der Waals surface area contributed by atoms with Gasteiger partial charge < -0.3 is 5.11 Å². The van der Waals surface area contributed by atoms with Crippen molar-refractivity contribution in [3.05, 3.63) is 0 Å². The number of nitrogens with zero attached hydrogens (tertiary/aromatic N) is 1. The minimum Gasteiger partial charge on any atom is -0.393 e. The van der Waals surface area contributed by atoms with Crippen LogP contribution in [0.15, 0.2) is 0 Å². The summed E-state index contributed by atoms with van der Waals surface area (Å²) in [7, 11) is 0. The molecule has 0 aromatic rings. The van der Waals surface area contributed by atoms with Gasteiger partial charge in [-0.1, -0.05) is 20.3 Å². The second kappa shape index (κ2) is 4.37. The number of nitriles is 1. The first-order valence-electron chi connectivity index (χ1n) is 6.64. The molecule has 90 valence electrons. The second-order valence-electron chi connectivity index (χ2n) is 6.10. The largest absolute Gasteiger partial charge is 0.393 e. The van der Waals surface area contributed by atoms with Crippen LogP contribution in [0, 0.1) is 34.5 Å². The molecule has 2 rings (SSSR count). The van der Waals surface area contributed by atoms with Crippen LogP contribution in [-0.2, 0) is 0 Å². The van der Waals surface area contributed by atoms with E-state index in [1.54, 1.807) is 0 Å². The monoisotopic (exact) mass is 221 g/mol. The van der Waals surface area contributed by atoms with Crippen molar-refractivity contribution >= 4 is 0 Å². The first-order valence-corrected chi connectivity index (χ1v) is 6.64. The van der Waals surface area contributed by atoms with Crippen molar-refractivity contribution in [3.63, 3.8) is 0 Å². The lowest BCUT2D eigenvalue weighted by Crippen LogP contribution is -2.41. The fourth-order valence-electron chi connectivity index (χ4n) is 4.41. The fraction of sp³-hybridized carbons (Fsp3) is 0.929. The van der Waals surface area contributed by atoms with E-state index in [4.69, 9.17) is 5.26 Å². The average molecular weight is 221 g/mol. The van der Waals surface area contributed by atoms with Crippen molar-refractivity contribution < 1.29 is 5.11 Å². The molecule has 2 saturated carbocycles. The molecule has 2 nitrogen and oxygen atoms in total. The molecule has 2 fully saturated rings. The molecule has 16 heavy (non-hydrogen) atoms. The summed E-state index contributed by atoms with van der Waals surface area (Å²) in [6.07, 6.45) is 6.35. The Kier molecular flexibility index (Phi) is 3.26. The molecule has 0 bridgehead atoms. The van der Waals surface area contributed by atoms with Crippen LogP contribution in [0.3, 0.4) is 0 Å². The van der Waals surface area contributed by atoms with Crippen LogP contribution in [0.25, 0.3) is 0 Å². The summed E-state index contributed by atoms with van der Waals surface area (Å²) in [4.78, 5) is 0. The van der Waals surface area contributed by atoms with Gasteiger partial charge in [-0.2, -0.15) is 5.26 Å². The van der Waals surface area contributed by atoms with Crippen molar-refractivity contribution in [1.82, 2.24) is 0 Å². The summed E-state index contributed by atoms with van der Waals surface area (Å²) in [6, 6.07) is 2.31. The Hall–Kier alpha value is -0.550. The maximum Gasteiger partial charge on any atom is 0.0624 e. The van der Waals surface area contributed by atoms with E-state index in [1.807, 2.05) is 0 Å². The van der Waals surface area contributed by atoms with Crippen LogP contribution >= 0.6 is 0 Å². The highest BCUT2D eigenvalue weighted by molar-refractivity contribution is 5.02. The maximum atomic E-state index is 10.1. The molecule has 0 heterocycles. The number of fused-ring (bicyclic) bond motifs is 1. The normalized spacial score (nSPS) is 44.8. The highest BCUT2D eigenvalue weighted by Crippen LogP contribution is 2.57. The van der Waals surface area contributed by atoms with E-state index in [0.717, 1.165) is 19.3 Å². The van der Waals surface area contributed by atoms with Crippen LogP contribution in [0.1, 0.15) is 52.4 Å². The zero-order chi connectivity index (χ0) is 11.8. The SMILES string of the molecule is C[C@H](CC#N)C1CCC2C(O)CCCC21C. The molecule has 0 spiro atoms. The lowest BCUT2D eigenvalue weighted by molar-refractivity contribution is -0.0264. The first-order chi connectivity index (χ1) is 7.59. The van der Waals surface area contributed by atoms with Gasteiger partial charge in [0.1, 0.15) is 0 Å². The third kappa shape index (κ3) is 1.76. The molecular weight excluding hydrogens is 198 g/mol. The molecule has 2 aliphatic carbocycles. The van der Waals surface area contributed by atoms with Gasteiger partial charge in [-0.25, -0.2) is 0 Å². The van der Waals surface area contributed by atoms with Gasteiger partial charge in [0.05, 0.1) is 12.2 Å². The lowest BCUT2D eigenvalue weighted by atomic mass is 9.61. The van der Waals surface area contributed by atoms with Gasteiger partial charge in [0, 0.05) is 6.42 Å². The quantitative estimate of drug-likeness (QED) is 0.778. The van der Waals surface area contributed by atoms with Gasteiger partial charge in [0.15, 0.2) is 0 Å². The summed E-state index contributed by atoms with van der Waals surface area (Å²) in [5.41, 5.74) is 0.300. The molecule has 0 amide bonds. The van der Waals surface area contributed by atoms with Gasteiger partial charge in [0.25, 0.3) is 0 Å². The third-order valence-electron chi connectivity index (χ3n) is 5.26. The Labute approximate surface area is 98.7 Å². The molecule has 0 radical (unpaired) electrons. The number of aliphatic hydroxyl groups is 1. The van der Waals surface area contributed by atoms with Gasteiger partial charge >= 0.3 is 0 Å². The molecular formula is C14H23NO. The Bertz CT molecular complexity index is 296. The molecule has 1 N–H and O–H groups in total. The van der Waals surface area contributed by atoms with E-state index in [9.17, 15) is 5.11 Å². The van der Waals surface area contributed by atoms with Crippen LogP contribution in [0.4, 0.5) is 0 Å². The number of hydrogen-bond acceptors (Lipinski definition) is 2. The predicted octanol–water partition coefficient (Wildman–Crippen LogP) is 3.11. The Morgan fingerprint density at radius 3 is 2.88 bits per heavy atom. The fourth-order valence-corrected chi connectivity index (χ4v) is 4.41. The van der Waals surface area contributed by atoms with E-state index in [1.165, 1.54) is 12.8 Å². The molecule has 0 aromatic heterocycles. The molecule has 0 aliphatic heterocycles. The number of hydrogen-bond donors (Lipinski definition) is 1. The zero-order valence-electron chi connectivity index (χ0n) is 10.4. The van der Waals surface area contributed by atoms with E-state index in [-0.39, 0.29) is 6.10 Å². The molecule has 2 aliphatic rings.